The maximum absolute atomic E-state index is 13.4. The van der Waals surface area contributed by atoms with Crippen LogP contribution in [0.1, 0.15) is 28.8 Å². The number of carboxylic acids is 1. The molecule has 1 aliphatic carbocycles. The number of aromatic nitrogens is 2. The minimum Gasteiger partial charge on any atom is -0.481 e. The van der Waals surface area contributed by atoms with Crippen molar-refractivity contribution in [1.82, 2.24) is 9.97 Å². The molecule has 1 aliphatic rings. The van der Waals surface area contributed by atoms with Gasteiger partial charge in [0.25, 0.3) is 0 Å². The third-order valence-electron chi connectivity index (χ3n) is 5.83. The number of hydrogen-bond donors (Lipinski definition) is 3. The summed E-state index contributed by atoms with van der Waals surface area (Å²) in [4.78, 5) is 31.9. The Hall–Kier alpha value is -3.84. The van der Waals surface area contributed by atoms with Crippen LogP contribution in [0.25, 0.3) is 11.0 Å². The zero-order chi connectivity index (χ0) is 22.9. The molecule has 2 aromatic heterocycles. The van der Waals surface area contributed by atoms with Crippen molar-refractivity contribution in [2.45, 2.75) is 18.9 Å². The Bertz CT molecular complexity index is 1350. The smallest absolute Gasteiger partial charge is 0.306 e. The Balaban J connectivity index is 1.41. The van der Waals surface area contributed by atoms with E-state index < -0.39 is 5.97 Å². The minimum atomic E-state index is -0.778. The topological polar surface area (TPSA) is 104 Å². The van der Waals surface area contributed by atoms with Gasteiger partial charge < -0.3 is 20.1 Å². The van der Waals surface area contributed by atoms with E-state index in [0.717, 1.165) is 5.69 Å². The third-order valence-corrected chi connectivity index (χ3v) is 6.14. The Morgan fingerprint density at radius 2 is 1.85 bits per heavy atom. The van der Waals surface area contributed by atoms with Gasteiger partial charge in [-0.25, -0.2) is 4.98 Å². The van der Waals surface area contributed by atoms with Crippen molar-refractivity contribution in [1.29, 1.82) is 0 Å². The van der Waals surface area contributed by atoms with Crippen LogP contribution in [0.15, 0.2) is 67.0 Å². The molecule has 0 amide bonds. The van der Waals surface area contributed by atoms with E-state index in [4.69, 9.17) is 21.4 Å². The summed E-state index contributed by atoms with van der Waals surface area (Å²) in [7, 11) is 0. The predicted molar refractivity (Wildman–Crippen MR) is 125 cm³/mol. The fraction of sp³-hybridized carbons (Fsp3) is 0.160. The molecule has 0 unspecified atom stereocenters. The van der Waals surface area contributed by atoms with Crippen LogP contribution < -0.4 is 10.1 Å². The minimum absolute atomic E-state index is 0.0348. The average Bonchev–Trinajstić information content (AvgIpc) is 3.21. The first-order chi connectivity index (χ1) is 16.0. The van der Waals surface area contributed by atoms with Gasteiger partial charge in [-0.3, -0.25) is 9.59 Å². The van der Waals surface area contributed by atoms with E-state index >= 15 is 0 Å². The van der Waals surface area contributed by atoms with Gasteiger partial charge in [-0.2, -0.15) is 0 Å². The number of benzene rings is 2. The molecular formula is C25H20ClN3O4. The molecule has 2 aromatic carbocycles. The molecule has 8 heteroatoms. The number of para-hydroxylation sites is 1. The number of carbonyl (C=O) groups is 2. The highest BCUT2D eigenvalue weighted by Gasteiger charge is 2.34. The number of carboxylic acid groups (broad SMARTS) is 1. The second-order valence-corrected chi connectivity index (χ2v) is 8.43. The van der Waals surface area contributed by atoms with E-state index in [0.29, 0.717) is 46.5 Å². The van der Waals surface area contributed by atoms with E-state index in [-0.39, 0.29) is 22.8 Å². The Labute approximate surface area is 194 Å². The molecule has 4 aromatic rings. The Kier molecular flexibility index (Phi) is 5.48. The number of H-pyrrole nitrogens is 1. The molecule has 0 atom stereocenters. The molecule has 33 heavy (non-hydrogen) atoms. The molecule has 0 saturated heterocycles. The molecule has 3 N–H and O–H groups in total. The SMILES string of the molecule is O=C(c1ccc(Oc2ccccc2)cc1Cl)c1c[nH]c2nccc(N[C@H]3C[C@@H](C(=O)O)C3)c12. The van der Waals surface area contributed by atoms with Crippen LogP contribution >= 0.6 is 11.6 Å². The fourth-order valence-corrected chi connectivity index (χ4v) is 4.28. The number of pyridine rings is 1. The number of hydrogen-bond acceptors (Lipinski definition) is 5. The second kappa shape index (κ2) is 8.60. The van der Waals surface area contributed by atoms with Crippen LogP contribution in [0.4, 0.5) is 5.69 Å². The molecule has 0 bridgehead atoms. The van der Waals surface area contributed by atoms with Gasteiger partial charge in [0.15, 0.2) is 5.78 Å². The van der Waals surface area contributed by atoms with Gasteiger partial charge in [0.1, 0.15) is 17.1 Å². The Morgan fingerprint density at radius 1 is 1.06 bits per heavy atom. The van der Waals surface area contributed by atoms with Crippen LogP contribution in [0.2, 0.25) is 5.02 Å². The molecule has 166 valence electrons. The maximum Gasteiger partial charge on any atom is 0.306 e. The highest BCUT2D eigenvalue weighted by molar-refractivity contribution is 6.35. The lowest BCUT2D eigenvalue weighted by atomic mass is 9.80. The standard InChI is InChI=1S/C25H20ClN3O4/c26-20-12-17(33-16-4-2-1-3-5-16)6-7-18(20)23(30)19-13-28-24-22(19)21(8-9-27-24)29-15-10-14(11-15)25(31)32/h1-9,12-15H,10-11H2,(H,31,32)(H2,27,28,29)/t14-,15+. The highest BCUT2D eigenvalue weighted by atomic mass is 35.5. The maximum atomic E-state index is 13.4. The molecule has 1 saturated carbocycles. The molecule has 0 radical (unpaired) electrons. The fourth-order valence-electron chi connectivity index (χ4n) is 4.03. The van der Waals surface area contributed by atoms with Gasteiger partial charge in [-0.15, -0.1) is 0 Å². The van der Waals surface area contributed by atoms with Crippen molar-refractivity contribution >= 4 is 40.1 Å². The van der Waals surface area contributed by atoms with Crippen molar-refractivity contribution in [3.8, 4) is 11.5 Å². The first-order valence-corrected chi connectivity index (χ1v) is 10.9. The molecule has 5 rings (SSSR count). The lowest BCUT2D eigenvalue weighted by molar-refractivity contribution is -0.144. The normalized spacial score (nSPS) is 17.4. The largest absolute Gasteiger partial charge is 0.481 e. The first-order valence-electron chi connectivity index (χ1n) is 10.5. The zero-order valence-electron chi connectivity index (χ0n) is 17.4. The van der Waals surface area contributed by atoms with Crippen LogP contribution in [0.3, 0.4) is 0 Å². The monoisotopic (exact) mass is 461 g/mol. The first kappa shape index (κ1) is 21.0. The third kappa shape index (κ3) is 4.15. The van der Waals surface area contributed by atoms with Gasteiger partial charge in [0, 0.05) is 35.8 Å². The molecule has 0 spiro atoms. The number of aliphatic carboxylic acids is 1. The number of nitrogens with zero attached hydrogens (tertiary/aromatic N) is 1. The molecule has 2 heterocycles. The van der Waals surface area contributed by atoms with Crippen LogP contribution in [0, 0.1) is 5.92 Å². The summed E-state index contributed by atoms with van der Waals surface area (Å²) in [6.07, 6.45) is 4.35. The number of carbonyl (C=O) groups excluding carboxylic acids is 1. The van der Waals surface area contributed by atoms with Crippen LogP contribution in [-0.4, -0.2) is 32.9 Å². The number of nitrogens with one attached hydrogen (secondary N) is 2. The van der Waals surface area contributed by atoms with Gasteiger partial charge in [0.2, 0.25) is 0 Å². The summed E-state index contributed by atoms with van der Waals surface area (Å²) < 4.78 is 5.80. The number of fused-ring (bicyclic) bond motifs is 1. The van der Waals surface area contributed by atoms with Crippen molar-refractivity contribution in [2.24, 2.45) is 5.92 Å². The number of aromatic amines is 1. The van der Waals surface area contributed by atoms with E-state index in [1.807, 2.05) is 30.3 Å². The number of anilines is 1. The molecule has 1 fully saturated rings. The quantitative estimate of drug-likeness (QED) is 0.313. The molecule has 7 nitrogen and oxygen atoms in total. The average molecular weight is 462 g/mol. The number of ether oxygens (including phenoxy) is 1. The van der Waals surface area contributed by atoms with Crippen molar-refractivity contribution in [3.05, 3.63) is 83.1 Å². The van der Waals surface area contributed by atoms with Crippen LogP contribution in [0.5, 0.6) is 11.5 Å². The summed E-state index contributed by atoms with van der Waals surface area (Å²) in [5, 5.41) is 13.4. The van der Waals surface area contributed by atoms with Gasteiger partial charge >= 0.3 is 5.97 Å². The number of ketones is 1. The van der Waals surface area contributed by atoms with Gasteiger partial charge in [-0.1, -0.05) is 29.8 Å². The second-order valence-electron chi connectivity index (χ2n) is 8.02. The number of rotatable bonds is 7. The molecule has 0 aliphatic heterocycles. The van der Waals surface area contributed by atoms with E-state index in [1.165, 1.54) is 0 Å². The highest BCUT2D eigenvalue weighted by Crippen LogP contribution is 2.35. The molecular weight excluding hydrogens is 442 g/mol. The predicted octanol–water partition coefficient (Wildman–Crippen LogP) is 5.51. The van der Waals surface area contributed by atoms with E-state index in [1.54, 1.807) is 36.7 Å². The summed E-state index contributed by atoms with van der Waals surface area (Å²) in [5.74, 6) is -0.149. The van der Waals surface area contributed by atoms with Gasteiger partial charge in [-0.05, 0) is 43.2 Å². The summed E-state index contributed by atoms with van der Waals surface area (Å²) in [5.41, 5.74) is 2.09. The van der Waals surface area contributed by atoms with E-state index in [9.17, 15) is 9.59 Å². The van der Waals surface area contributed by atoms with Gasteiger partial charge in [0.05, 0.1) is 21.9 Å². The van der Waals surface area contributed by atoms with Crippen LogP contribution in [-0.2, 0) is 4.79 Å². The lowest BCUT2D eigenvalue weighted by Crippen LogP contribution is -2.39. The summed E-state index contributed by atoms with van der Waals surface area (Å²) in [6.45, 7) is 0. The summed E-state index contributed by atoms with van der Waals surface area (Å²) >= 11 is 6.46. The van der Waals surface area contributed by atoms with E-state index in [2.05, 4.69) is 15.3 Å². The zero-order valence-corrected chi connectivity index (χ0v) is 18.2. The number of halogens is 1. The van der Waals surface area contributed by atoms with Crippen molar-refractivity contribution < 1.29 is 19.4 Å². The summed E-state index contributed by atoms with van der Waals surface area (Å²) in [6, 6.07) is 16.1. The van der Waals surface area contributed by atoms with Crippen molar-refractivity contribution in [3.63, 3.8) is 0 Å². The Morgan fingerprint density at radius 3 is 2.58 bits per heavy atom. The van der Waals surface area contributed by atoms with Crippen molar-refractivity contribution in [2.75, 3.05) is 5.32 Å². The lowest BCUT2D eigenvalue weighted by Gasteiger charge is -2.33.